The van der Waals surface area contributed by atoms with Crippen molar-refractivity contribution in [1.29, 1.82) is 0 Å². The Morgan fingerprint density at radius 1 is 1.19 bits per heavy atom. The molecule has 1 aliphatic rings. The number of alkyl halides is 3. The minimum atomic E-state index is -5.08. The van der Waals surface area contributed by atoms with Gasteiger partial charge in [0.1, 0.15) is 5.82 Å². The van der Waals surface area contributed by atoms with E-state index in [1.807, 2.05) is 17.8 Å². The second-order valence-electron chi connectivity index (χ2n) is 6.67. The number of piperazine rings is 1. The number of aliphatic carboxylic acids is 1. The maximum Gasteiger partial charge on any atom is 0.490 e. The molecule has 0 saturated carbocycles. The van der Waals surface area contributed by atoms with Crippen molar-refractivity contribution in [1.82, 2.24) is 19.4 Å². The van der Waals surface area contributed by atoms with Crippen molar-refractivity contribution >= 4 is 29.5 Å². The minimum Gasteiger partial charge on any atom is -0.475 e. The Balaban J connectivity index is 0.000000451. The molecule has 1 aliphatic heterocycles. The predicted molar refractivity (Wildman–Crippen MR) is 106 cm³/mol. The molecule has 0 atom stereocenters. The van der Waals surface area contributed by atoms with Crippen molar-refractivity contribution in [2.75, 3.05) is 25.4 Å². The predicted octanol–water partition coefficient (Wildman–Crippen LogP) is 2.16. The largest absolute Gasteiger partial charge is 0.490 e. The van der Waals surface area contributed by atoms with Crippen LogP contribution in [0.3, 0.4) is 0 Å². The highest BCUT2D eigenvalue weighted by Gasteiger charge is 2.38. The first kappa shape index (κ1) is 25.2. The van der Waals surface area contributed by atoms with Gasteiger partial charge in [-0.05, 0) is 17.7 Å². The van der Waals surface area contributed by atoms with Crippen LogP contribution in [0.15, 0.2) is 41.8 Å². The Labute approximate surface area is 184 Å². The number of carboxylic acid groups (broad SMARTS) is 1. The third-order valence-corrected chi connectivity index (χ3v) is 5.35. The van der Waals surface area contributed by atoms with Crippen LogP contribution in [0, 0.1) is 5.82 Å². The number of rotatable bonds is 5. The highest BCUT2D eigenvalue weighted by Crippen LogP contribution is 2.17. The summed E-state index contributed by atoms with van der Waals surface area (Å²) in [6.07, 6.45) is -1.57. The van der Waals surface area contributed by atoms with Crippen molar-refractivity contribution in [3.63, 3.8) is 0 Å². The zero-order valence-corrected chi connectivity index (χ0v) is 17.7. The fourth-order valence-corrected chi connectivity index (χ4v) is 3.44. The van der Waals surface area contributed by atoms with Gasteiger partial charge in [-0.15, -0.1) is 0 Å². The molecule has 0 aliphatic carbocycles. The van der Waals surface area contributed by atoms with Gasteiger partial charge in [0.25, 0.3) is 0 Å². The lowest BCUT2D eigenvalue weighted by Gasteiger charge is -2.34. The van der Waals surface area contributed by atoms with E-state index >= 15 is 0 Å². The average molecular weight is 476 g/mol. The van der Waals surface area contributed by atoms with Gasteiger partial charge >= 0.3 is 12.1 Å². The molecule has 13 heteroatoms. The summed E-state index contributed by atoms with van der Waals surface area (Å²) < 4.78 is 46.5. The minimum absolute atomic E-state index is 0.0669. The zero-order valence-electron chi connectivity index (χ0n) is 16.9. The van der Waals surface area contributed by atoms with Crippen LogP contribution in [0.25, 0.3) is 0 Å². The van der Waals surface area contributed by atoms with Crippen LogP contribution in [0.5, 0.6) is 0 Å². The van der Waals surface area contributed by atoms with E-state index in [1.165, 1.54) is 23.9 Å². The summed E-state index contributed by atoms with van der Waals surface area (Å²) in [5.41, 5.74) is 0.875. The number of carbonyl (C=O) groups excluding carboxylic acids is 2. The number of hydrogen-bond donors (Lipinski definition) is 1. The molecule has 0 radical (unpaired) electrons. The molecule has 32 heavy (non-hydrogen) atoms. The van der Waals surface area contributed by atoms with E-state index in [1.54, 1.807) is 28.1 Å². The summed E-state index contributed by atoms with van der Waals surface area (Å²) in [7, 11) is 1.87. The van der Waals surface area contributed by atoms with Gasteiger partial charge in [0, 0.05) is 39.1 Å². The molecular weight excluding hydrogens is 456 g/mol. The number of benzene rings is 1. The maximum atomic E-state index is 12.9. The van der Waals surface area contributed by atoms with Crippen LogP contribution in [0.1, 0.15) is 5.56 Å². The lowest BCUT2D eigenvalue weighted by atomic mass is 10.2. The van der Waals surface area contributed by atoms with Crippen LogP contribution in [0.4, 0.5) is 17.6 Å². The van der Waals surface area contributed by atoms with E-state index in [-0.39, 0.29) is 29.9 Å². The number of halogens is 4. The third kappa shape index (κ3) is 7.55. The van der Waals surface area contributed by atoms with Crippen LogP contribution < -0.4 is 0 Å². The Morgan fingerprint density at radius 2 is 1.81 bits per heavy atom. The van der Waals surface area contributed by atoms with E-state index in [9.17, 15) is 27.2 Å². The molecule has 1 aromatic carbocycles. The maximum absolute atomic E-state index is 12.9. The molecule has 2 heterocycles. The van der Waals surface area contributed by atoms with Crippen molar-refractivity contribution < 1.29 is 37.1 Å². The van der Waals surface area contributed by atoms with Crippen molar-refractivity contribution in [2.24, 2.45) is 7.05 Å². The molecular formula is C19H20F4N4O4S. The van der Waals surface area contributed by atoms with Crippen LogP contribution >= 0.6 is 11.8 Å². The number of carboxylic acids is 1. The number of imidazole rings is 1. The average Bonchev–Trinajstić information content (AvgIpc) is 3.13. The number of nitrogens with zero attached hydrogens (tertiary/aromatic N) is 4. The molecule has 0 unspecified atom stereocenters. The van der Waals surface area contributed by atoms with Crippen molar-refractivity contribution in [3.05, 3.63) is 48.0 Å². The molecule has 0 bridgehead atoms. The molecule has 1 N–H and O–H groups in total. The van der Waals surface area contributed by atoms with Crippen LogP contribution in [-0.4, -0.2) is 73.8 Å². The first-order valence-corrected chi connectivity index (χ1v) is 10.2. The number of aromatic nitrogens is 2. The fraction of sp³-hybridized carbons (Fsp3) is 0.368. The summed E-state index contributed by atoms with van der Waals surface area (Å²) in [5.74, 6) is -2.95. The van der Waals surface area contributed by atoms with Gasteiger partial charge in [-0.1, -0.05) is 23.9 Å². The second kappa shape index (κ2) is 11.0. The smallest absolute Gasteiger partial charge is 0.475 e. The Morgan fingerprint density at radius 3 is 2.31 bits per heavy atom. The fourth-order valence-electron chi connectivity index (χ4n) is 2.61. The van der Waals surface area contributed by atoms with Gasteiger partial charge in [-0.25, -0.2) is 14.2 Å². The van der Waals surface area contributed by atoms with E-state index in [0.717, 1.165) is 10.7 Å². The normalized spacial score (nSPS) is 14.1. The zero-order chi connectivity index (χ0) is 23.9. The van der Waals surface area contributed by atoms with Crippen molar-refractivity contribution in [2.45, 2.75) is 17.9 Å². The van der Waals surface area contributed by atoms with E-state index < -0.39 is 12.1 Å². The SMILES string of the molecule is Cn1ccnc1SCC(=O)N1CCN(Cc2ccc(F)cc2)C(=O)C1.O=C(O)C(F)(F)F. The van der Waals surface area contributed by atoms with E-state index in [4.69, 9.17) is 9.90 Å². The number of hydrogen-bond acceptors (Lipinski definition) is 5. The first-order chi connectivity index (χ1) is 15.0. The molecule has 2 amide bonds. The van der Waals surface area contributed by atoms with E-state index in [2.05, 4.69) is 4.98 Å². The Hall–Kier alpha value is -3.09. The highest BCUT2D eigenvalue weighted by molar-refractivity contribution is 7.99. The van der Waals surface area contributed by atoms with Crippen LogP contribution in [0.2, 0.25) is 0 Å². The highest BCUT2D eigenvalue weighted by atomic mass is 32.2. The molecule has 1 fully saturated rings. The Kier molecular flexibility index (Phi) is 8.63. The molecule has 1 saturated heterocycles. The van der Waals surface area contributed by atoms with Crippen LogP contribution in [-0.2, 0) is 28.0 Å². The topological polar surface area (TPSA) is 95.7 Å². The standard InChI is InChI=1S/C17H19FN4O2S.C2HF3O2/c1-20-7-6-19-17(20)25-12-16(24)22-9-8-21(15(23)11-22)10-13-2-4-14(18)5-3-13;3-2(4,5)1(6)7/h2-7H,8-12H2,1H3;(H,6,7). The summed E-state index contributed by atoms with van der Waals surface area (Å²) in [5, 5.41) is 7.90. The molecule has 0 spiro atoms. The lowest BCUT2D eigenvalue weighted by molar-refractivity contribution is -0.192. The van der Waals surface area contributed by atoms with Crippen molar-refractivity contribution in [3.8, 4) is 0 Å². The van der Waals surface area contributed by atoms with Gasteiger partial charge in [0.15, 0.2) is 5.16 Å². The monoisotopic (exact) mass is 476 g/mol. The van der Waals surface area contributed by atoms with Gasteiger partial charge in [-0.3, -0.25) is 9.59 Å². The van der Waals surface area contributed by atoms with Gasteiger partial charge in [0.2, 0.25) is 11.8 Å². The van der Waals surface area contributed by atoms with Gasteiger partial charge in [0.05, 0.1) is 12.3 Å². The number of carbonyl (C=O) groups is 3. The number of amides is 2. The second-order valence-corrected chi connectivity index (χ2v) is 7.61. The number of thioether (sulfide) groups is 1. The summed E-state index contributed by atoms with van der Waals surface area (Å²) in [6.45, 7) is 1.51. The first-order valence-electron chi connectivity index (χ1n) is 9.17. The molecule has 3 rings (SSSR count). The Bertz CT molecular complexity index is 950. The third-order valence-electron chi connectivity index (χ3n) is 4.30. The summed E-state index contributed by atoms with van der Waals surface area (Å²) in [6, 6.07) is 6.11. The molecule has 8 nitrogen and oxygen atoms in total. The van der Waals surface area contributed by atoms with Gasteiger partial charge in [-0.2, -0.15) is 13.2 Å². The lowest BCUT2D eigenvalue weighted by Crippen LogP contribution is -2.52. The summed E-state index contributed by atoms with van der Waals surface area (Å²) in [4.78, 5) is 41.0. The summed E-state index contributed by atoms with van der Waals surface area (Å²) >= 11 is 1.36. The molecule has 1 aromatic heterocycles. The molecule has 174 valence electrons. The van der Waals surface area contributed by atoms with Gasteiger partial charge < -0.3 is 19.5 Å². The van der Waals surface area contributed by atoms with E-state index in [0.29, 0.717) is 19.6 Å². The quantitative estimate of drug-likeness (QED) is 0.525. The number of aryl methyl sites for hydroxylation is 1. The molecule has 2 aromatic rings.